The van der Waals surface area contributed by atoms with Gasteiger partial charge in [0.2, 0.25) is 11.7 Å². The van der Waals surface area contributed by atoms with Gasteiger partial charge in [0.25, 0.3) is 11.5 Å². The zero-order chi connectivity index (χ0) is 23.9. The molecule has 2 aromatic heterocycles. The fraction of sp³-hybridized carbons (Fsp3) is 0.200. The highest BCUT2D eigenvalue weighted by molar-refractivity contribution is 6.04. The Kier molecular flexibility index (Phi) is 7.02. The molecule has 0 saturated carbocycles. The van der Waals surface area contributed by atoms with E-state index >= 15 is 0 Å². The van der Waals surface area contributed by atoms with Crippen LogP contribution in [0.1, 0.15) is 28.5 Å². The summed E-state index contributed by atoms with van der Waals surface area (Å²) in [5.74, 6) is -0.358. The number of carbonyl (C=O) groups excluding carboxylic acids is 1. The Bertz CT molecular complexity index is 1250. The van der Waals surface area contributed by atoms with E-state index in [1.54, 1.807) is 14.0 Å². The summed E-state index contributed by atoms with van der Waals surface area (Å²) in [6.45, 7) is 2.92. The normalized spacial score (nSPS) is 10.6. The summed E-state index contributed by atoms with van der Waals surface area (Å²) in [6, 6.07) is 19.7. The number of hydrogen-bond donors (Lipinski definition) is 1. The van der Waals surface area contributed by atoms with Gasteiger partial charge in [-0.3, -0.25) is 14.2 Å². The number of benzene rings is 2. The number of nitrogens with zero attached hydrogens (tertiary/aromatic N) is 4. The molecule has 4 aromatic rings. The summed E-state index contributed by atoms with van der Waals surface area (Å²) in [6.07, 6.45) is 2.65. The van der Waals surface area contributed by atoms with Gasteiger partial charge in [-0.15, -0.1) is 0 Å². The number of aromatic nitrogens is 3. The van der Waals surface area contributed by atoms with Gasteiger partial charge < -0.3 is 19.5 Å². The summed E-state index contributed by atoms with van der Waals surface area (Å²) in [5, 5.41) is 6.23. The number of amides is 1. The average Bonchev–Trinajstić information content (AvgIpc) is 3.36. The van der Waals surface area contributed by atoms with E-state index in [0.717, 1.165) is 11.1 Å². The number of anilines is 2. The third-order valence-electron chi connectivity index (χ3n) is 5.14. The van der Waals surface area contributed by atoms with Crippen LogP contribution in [0.3, 0.4) is 0 Å². The van der Waals surface area contributed by atoms with Crippen molar-refractivity contribution >= 4 is 17.5 Å². The Morgan fingerprint density at radius 3 is 2.21 bits per heavy atom. The van der Waals surface area contributed by atoms with Crippen LogP contribution >= 0.6 is 0 Å². The molecule has 0 atom stereocenters. The van der Waals surface area contributed by atoms with Crippen molar-refractivity contribution in [2.45, 2.75) is 20.0 Å². The molecule has 0 aliphatic rings. The molecule has 2 aromatic carbocycles. The molecule has 34 heavy (non-hydrogen) atoms. The largest absolute Gasteiger partial charge is 0.486 e. The van der Waals surface area contributed by atoms with Crippen molar-refractivity contribution in [3.05, 3.63) is 100 Å². The zero-order valence-electron chi connectivity index (χ0n) is 19.0. The molecule has 0 bridgehead atoms. The molecule has 0 aliphatic carbocycles. The number of nitrogens with one attached hydrogen (secondary N) is 1. The molecule has 0 radical (unpaired) electrons. The van der Waals surface area contributed by atoms with E-state index in [0.29, 0.717) is 24.7 Å². The third-order valence-corrected chi connectivity index (χ3v) is 5.14. The molecule has 2 heterocycles. The third kappa shape index (κ3) is 5.15. The standard InChI is InChI=1S/C25H25N5O4/c1-3-33-22-21(23(31)27-20-14-26-34-17-20)28-25(29(2)24(22)32)30(15-18-10-6-4-7-11-18)16-19-12-8-5-9-13-19/h4-14,17H,3,15-16H2,1-2H3,(H,27,31). The molecular formula is C25H25N5O4. The average molecular weight is 460 g/mol. The highest BCUT2D eigenvalue weighted by Gasteiger charge is 2.25. The van der Waals surface area contributed by atoms with Gasteiger partial charge in [-0.2, -0.15) is 0 Å². The lowest BCUT2D eigenvalue weighted by Gasteiger charge is -2.26. The molecule has 9 heteroatoms. The van der Waals surface area contributed by atoms with Crippen LogP contribution in [-0.2, 0) is 20.1 Å². The molecule has 1 N–H and O–H groups in total. The molecule has 174 valence electrons. The van der Waals surface area contributed by atoms with Crippen LogP contribution in [-0.4, -0.2) is 27.2 Å². The van der Waals surface area contributed by atoms with E-state index in [-0.39, 0.29) is 18.1 Å². The molecule has 0 spiro atoms. The minimum Gasteiger partial charge on any atom is -0.486 e. The number of ether oxygens (including phenoxy) is 1. The number of rotatable bonds is 9. The Labute approximate surface area is 196 Å². The minimum atomic E-state index is -0.593. The van der Waals surface area contributed by atoms with Crippen LogP contribution < -0.4 is 20.5 Å². The van der Waals surface area contributed by atoms with Crippen molar-refractivity contribution in [1.29, 1.82) is 0 Å². The molecule has 0 unspecified atom stereocenters. The van der Waals surface area contributed by atoms with Gasteiger partial charge in [-0.25, -0.2) is 4.98 Å². The van der Waals surface area contributed by atoms with Gasteiger partial charge in [0.05, 0.1) is 12.8 Å². The molecule has 0 fully saturated rings. The Hall–Kier alpha value is -4.40. The molecule has 0 saturated heterocycles. The lowest BCUT2D eigenvalue weighted by Crippen LogP contribution is -2.34. The quantitative estimate of drug-likeness (QED) is 0.408. The van der Waals surface area contributed by atoms with Crippen molar-refractivity contribution < 1.29 is 14.1 Å². The lowest BCUT2D eigenvalue weighted by molar-refractivity contribution is 0.101. The van der Waals surface area contributed by atoms with Crippen LogP contribution in [0.4, 0.5) is 11.6 Å². The lowest BCUT2D eigenvalue weighted by atomic mass is 10.2. The van der Waals surface area contributed by atoms with E-state index in [9.17, 15) is 9.59 Å². The monoisotopic (exact) mass is 459 g/mol. The van der Waals surface area contributed by atoms with Crippen LogP contribution in [0.15, 0.2) is 82.4 Å². The molecule has 9 nitrogen and oxygen atoms in total. The number of hydrogen-bond acceptors (Lipinski definition) is 7. The first-order valence-electron chi connectivity index (χ1n) is 10.8. The fourth-order valence-corrected chi connectivity index (χ4v) is 3.54. The van der Waals surface area contributed by atoms with Gasteiger partial charge in [-0.1, -0.05) is 65.8 Å². The van der Waals surface area contributed by atoms with Crippen LogP contribution in [0, 0.1) is 0 Å². The molecule has 4 rings (SSSR count). The van der Waals surface area contributed by atoms with E-state index in [4.69, 9.17) is 9.26 Å². The number of carbonyl (C=O) groups is 1. The maximum atomic E-state index is 13.3. The van der Waals surface area contributed by atoms with Crippen molar-refractivity contribution in [1.82, 2.24) is 14.7 Å². The summed E-state index contributed by atoms with van der Waals surface area (Å²) in [4.78, 5) is 32.9. The van der Waals surface area contributed by atoms with Crippen molar-refractivity contribution in [2.24, 2.45) is 7.05 Å². The smallest absolute Gasteiger partial charge is 0.297 e. The van der Waals surface area contributed by atoms with E-state index in [1.165, 1.54) is 17.0 Å². The topological polar surface area (TPSA) is 102 Å². The minimum absolute atomic E-state index is 0.104. The van der Waals surface area contributed by atoms with Crippen LogP contribution in [0.2, 0.25) is 0 Å². The van der Waals surface area contributed by atoms with E-state index in [1.807, 2.05) is 65.6 Å². The van der Waals surface area contributed by atoms with Gasteiger partial charge in [0.15, 0.2) is 5.69 Å². The van der Waals surface area contributed by atoms with E-state index < -0.39 is 11.5 Å². The van der Waals surface area contributed by atoms with Gasteiger partial charge in [0, 0.05) is 20.1 Å². The second-order valence-electron chi connectivity index (χ2n) is 7.58. The fourth-order valence-electron chi connectivity index (χ4n) is 3.54. The van der Waals surface area contributed by atoms with Crippen molar-refractivity contribution in [3.8, 4) is 5.75 Å². The zero-order valence-corrected chi connectivity index (χ0v) is 19.0. The van der Waals surface area contributed by atoms with Gasteiger partial charge >= 0.3 is 0 Å². The molecule has 0 aliphatic heterocycles. The predicted octanol–water partition coefficient (Wildman–Crippen LogP) is 3.63. The first kappa shape index (κ1) is 22.8. The molecule has 1 amide bonds. The summed E-state index contributed by atoms with van der Waals surface area (Å²) in [5.41, 5.74) is 1.87. The van der Waals surface area contributed by atoms with Crippen LogP contribution in [0.5, 0.6) is 5.75 Å². The molecular weight excluding hydrogens is 434 g/mol. The predicted molar refractivity (Wildman–Crippen MR) is 128 cm³/mol. The summed E-state index contributed by atoms with van der Waals surface area (Å²) in [7, 11) is 1.62. The second-order valence-corrected chi connectivity index (χ2v) is 7.58. The Morgan fingerprint density at radius 2 is 1.68 bits per heavy atom. The van der Waals surface area contributed by atoms with Crippen LogP contribution in [0.25, 0.3) is 0 Å². The summed E-state index contributed by atoms with van der Waals surface area (Å²) < 4.78 is 11.7. The van der Waals surface area contributed by atoms with Crippen molar-refractivity contribution in [2.75, 3.05) is 16.8 Å². The highest BCUT2D eigenvalue weighted by Crippen LogP contribution is 2.22. The maximum absolute atomic E-state index is 13.3. The highest BCUT2D eigenvalue weighted by atomic mass is 16.5. The van der Waals surface area contributed by atoms with Gasteiger partial charge in [0.1, 0.15) is 12.0 Å². The maximum Gasteiger partial charge on any atom is 0.297 e. The Morgan fingerprint density at radius 1 is 1.06 bits per heavy atom. The SMILES string of the molecule is CCOc1c(C(=O)Nc2cnoc2)nc(N(Cc2ccccc2)Cc2ccccc2)n(C)c1=O. The van der Waals surface area contributed by atoms with Gasteiger partial charge in [-0.05, 0) is 18.1 Å². The first-order chi connectivity index (χ1) is 16.6. The summed E-state index contributed by atoms with van der Waals surface area (Å²) >= 11 is 0. The first-order valence-corrected chi connectivity index (χ1v) is 10.8. The van der Waals surface area contributed by atoms with Crippen molar-refractivity contribution in [3.63, 3.8) is 0 Å². The second kappa shape index (κ2) is 10.5. The Balaban J connectivity index is 1.79. The van der Waals surface area contributed by atoms with E-state index in [2.05, 4.69) is 15.5 Å².